The summed E-state index contributed by atoms with van der Waals surface area (Å²) in [7, 11) is 0. The van der Waals surface area contributed by atoms with E-state index in [1.165, 1.54) is 24.4 Å². The Kier molecular flexibility index (Phi) is 5.39. The molecule has 1 aromatic carbocycles. The SMILES string of the molecule is N#Cc1ccc(N2CCN(C(=O)CCc3nc4cc(F)ccc4c(=O)[nH]3)CC2)nc1. The summed E-state index contributed by atoms with van der Waals surface area (Å²) < 4.78 is 13.4. The second kappa shape index (κ2) is 8.29. The van der Waals surface area contributed by atoms with Crippen LogP contribution in [-0.4, -0.2) is 51.9 Å². The molecule has 3 heterocycles. The topological polar surface area (TPSA) is 106 Å². The van der Waals surface area contributed by atoms with Gasteiger partial charge in [0.05, 0.1) is 16.5 Å². The van der Waals surface area contributed by atoms with Gasteiger partial charge < -0.3 is 14.8 Å². The molecule has 1 saturated heterocycles. The number of rotatable bonds is 4. The molecule has 8 nitrogen and oxygen atoms in total. The van der Waals surface area contributed by atoms with Crippen molar-refractivity contribution in [1.29, 1.82) is 5.26 Å². The van der Waals surface area contributed by atoms with Gasteiger partial charge in [-0.3, -0.25) is 9.59 Å². The van der Waals surface area contributed by atoms with Gasteiger partial charge in [-0.05, 0) is 24.3 Å². The van der Waals surface area contributed by atoms with E-state index in [-0.39, 0.29) is 29.8 Å². The lowest BCUT2D eigenvalue weighted by Crippen LogP contribution is -2.49. The smallest absolute Gasteiger partial charge is 0.258 e. The molecule has 1 N–H and O–H groups in total. The third-order valence-corrected chi connectivity index (χ3v) is 5.13. The number of benzene rings is 1. The highest BCUT2D eigenvalue weighted by Crippen LogP contribution is 2.15. The summed E-state index contributed by atoms with van der Waals surface area (Å²) in [5, 5.41) is 9.18. The van der Waals surface area contributed by atoms with Crippen LogP contribution in [0.5, 0.6) is 0 Å². The van der Waals surface area contributed by atoms with Crippen LogP contribution in [0, 0.1) is 17.1 Å². The Labute approximate surface area is 171 Å². The molecular formula is C21H19FN6O2. The van der Waals surface area contributed by atoms with E-state index in [0.29, 0.717) is 43.0 Å². The van der Waals surface area contributed by atoms with Crippen LogP contribution in [0.4, 0.5) is 10.2 Å². The quantitative estimate of drug-likeness (QED) is 0.706. The molecule has 30 heavy (non-hydrogen) atoms. The first-order valence-electron chi connectivity index (χ1n) is 9.61. The first kappa shape index (κ1) is 19.5. The van der Waals surface area contributed by atoms with Crippen molar-refractivity contribution >= 4 is 22.6 Å². The largest absolute Gasteiger partial charge is 0.353 e. The summed E-state index contributed by atoms with van der Waals surface area (Å²) in [6, 6.07) is 9.40. The number of nitriles is 1. The van der Waals surface area contributed by atoms with Crippen molar-refractivity contribution in [3.05, 3.63) is 64.1 Å². The van der Waals surface area contributed by atoms with Crippen molar-refractivity contribution in [3.63, 3.8) is 0 Å². The van der Waals surface area contributed by atoms with Gasteiger partial charge in [-0.15, -0.1) is 0 Å². The number of carbonyl (C=O) groups is 1. The number of hydrogen-bond acceptors (Lipinski definition) is 6. The fourth-order valence-corrected chi connectivity index (χ4v) is 3.49. The van der Waals surface area contributed by atoms with Crippen molar-refractivity contribution in [1.82, 2.24) is 19.9 Å². The number of amides is 1. The Balaban J connectivity index is 1.34. The summed E-state index contributed by atoms with van der Waals surface area (Å²) >= 11 is 0. The number of halogens is 1. The third kappa shape index (κ3) is 4.12. The number of piperazine rings is 1. The van der Waals surface area contributed by atoms with Gasteiger partial charge in [0.25, 0.3) is 5.56 Å². The Morgan fingerprint density at radius 1 is 1.20 bits per heavy atom. The van der Waals surface area contributed by atoms with Gasteiger partial charge in [0.1, 0.15) is 23.5 Å². The maximum atomic E-state index is 13.4. The number of nitrogens with zero attached hydrogens (tertiary/aromatic N) is 5. The number of carbonyl (C=O) groups excluding carboxylic acids is 1. The predicted molar refractivity (Wildman–Crippen MR) is 108 cm³/mol. The molecular weight excluding hydrogens is 387 g/mol. The van der Waals surface area contributed by atoms with E-state index >= 15 is 0 Å². The molecule has 0 radical (unpaired) electrons. The first-order valence-corrected chi connectivity index (χ1v) is 9.61. The number of aromatic amines is 1. The average Bonchev–Trinajstić information content (AvgIpc) is 2.77. The van der Waals surface area contributed by atoms with E-state index in [0.717, 1.165) is 5.82 Å². The van der Waals surface area contributed by atoms with E-state index in [1.54, 1.807) is 17.0 Å². The van der Waals surface area contributed by atoms with E-state index in [1.807, 2.05) is 6.07 Å². The molecule has 1 fully saturated rings. The Bertz CT molecular complexity index is 1180. The molecule has 0 atom stereocenters. The minimum Gasteiger partial charge on any atom is -0.353 e. The third-order valence-electron chi connectivity index (χ3n) is 5.13. The lowest BCUT2D eigenvalue weighted by atomic mass is 10.2. The molecule has 0 spiro atoms. The zero-order chi connectivity index (χ0) is 21.1. The highest BCUT2D eigenvalue weighted by atomic mass is 19.1. The Morgan fingerprint density at radius 2 is 2.00 bits per heavy atom. The number of H-pyrrole nitrogens is 1. The number of aryl methyl sites for hydroxylation is 1. The van der Waals surface area contributed by atoms with Crippen molar-refractivity contribution < 1.29 is 9.18 Å². The van der Waals surface area contributed by atoms with Crippen LogP contribution in [-0.2, 0) is 11.2 Å². The molecule has 0 saturated carbocycles. The molecule has 1 aliphatic heterocycles. The molecule has 2 aromatic heterocycles. The van der Waals surface area contributed by atoms with Gasteiger partial charge in [0.15, 0.2) is 0 Å². The van der Waals surface area contributed by atoms with E-state index in [9.17, 15) is 14.0 Å². The first-order chi connectivity index (χ1) is 14.5. The normalized spacial score (nSPS) is 14.0. The van der Waals surface area contributed by atoms with E-state index < -0.39 is 5.82 Å². The predicted octanol–water partition coefficient (Wildman–Crippen LogP) is 1.61. The zero-order valence-electron chi connectivity index (χ0n) is 16.1. The van der Waals surface area contributed by atoms with Gasteiger partial charge in [-0.2, -0.15) is 5.26 Å². The zero-order valence-corrected chi connectivity index (χ0v) is 16.1. The van der Waals surface area contributed by atoms with Crippen molar-refractivity contribution in [2.24, 2.45) is 0 Å². The Morgan fingerprint density at radius 3 is 2.70 bits per heavy atom. The summed E-state index contributed by atoms with van der Waals surface area (Å²) in [4.78, 5) is 39.8. The summed E-state index contributed by atoms with van der Waals surface area (Å²) in [6.45, 7) is 2.42. The van der Waals surface area contributed by atoms with Crippen molar-refractivity contribution in [2.75, 3.05) is 31.1 Å². The van der Waals surface area contributed by atoms with Gasteiger partial charge in [-0.25, -0.2) is 14.4 Å². The van der Waals surface area contributed by atoms with Gasteiger partial charge >= 0.3 is 0 Å². The molecule has 0 bridgehead atoms. The van der Waals surface area contributed by atoms with Crippen LogP contribution < -0.4 is 10.5 Å². The fraction of sp³-hybridized carbons (Fsp3) is 0.286. The number of pyridine rings is 1. The second-order valence-electron chi connectivity index (χ2n) is 7.06. The fourth-order valence-electron chi connectivity index (χ4n) is 3.49. The minimum atomic E-state index is -0.461. The monoisotopic (exact) mass is 406 g/mol. The molecule has 0 aliphatic carbocycles. The van der Waals surface area contributed by atoms with Gasteiger partial charge in [0.2, 0.25) is 5.91 Å². The van der Waals surface area contributed by atoms with Crippen LogP contribution in [0.15, 0.2) is 41.3 Å². The average molecular weight is 406 g/mol. The highest BCUT2D eigenvalue weighted by Gasteiger charge is 2.22. The van der Waals surface area contributed by atoms with Crippen LogP contribution in [0.2, 0.25) is 0 Å². The lowest BCUT2D eigenvalue weighted by Gasteiger charge is -2.35. The number of aromatic nitrogens is 3. The maximum absolute atomic E-state index is 13.4. The number of anilines is 1. The van der Waals surface area contributed by atoms with Crippen LogP contribution in [0.25, 0.3) is 10.9 Å². The van der Waals surface area contributed by atoms with Gasteiger partial charge in [-0.1, -0.05) is 0 Å². The standard InChI is InChI=1S/C21H19FN6O2/c22-15-2-3-16-17(11-15)25-18(26-21(16)30)4-6-20(29)28-9-7-27(8-10-28)19-5-1-14(12-23)13-24-19/h1-3,5,11,13H,4,6-10H2,(H,25,26,30). The Hall–Kier alpha value is -3.80. The highest BCUT2D eigenvalue weighted by molar-refractivity contribution is 5.78. The number of nitrogens with one attached hydrogen (secondary N) is 1. The molecule has 152 valence electrons. The van der Waals surface area contributed by atoms with Crippen molar-refractivity contribution in [2.45, 2.75) is 12.8 Å². The molecule has 1 aliphatic rings. The number of fused-ring (bicyclic) bond motifs is 1. The molecule has 3 aromatic rings. The van der Waals surface area contributed by atoms with E-state index in [2.05, 4.69) is 19.9 Å². The maximum Gasteiger partial charge on any atom is 0.258 e. The minimum absolute atomic E-state index is 0.0237. The summed E-state index contributed by atoms with van der Waals surface area (Å²) in [5.41, 5.74) is 0.450. The second-order valence-corrected chi connectivity index (χ2v) is 7.06. The summed E-state index contributed by atoms with van der Waals surface area (Å²) in [6.07, 6.45) is 2.02. The van der Waals surface area contributed by atoms with Gasteiger partial charge in [0, 0.05) is 51.3 Å². The molecule has 9 heteroatoms. The van der Waals surface area contributed by atoms with Crippen LogP contribution >= 0.6 is 0 Å². The molecule has 0 unspecified atom stereocenters. The summed E-state index contributed by atoms with van der Waals surface area (Å²) in [5.74, 6) is 0.666. The molecule has 1 amide bonds. The van der Waals surface area contributed by atoms with Crippen molar-refractivity contribution in [3.8, 4) is 6.07 Å². The van der Waals surface area contributed by atoms with Crippen LogP contribution in [0.3, 0.4) is 0 Å². The number of hydrogen-bond donors (Lipinski definition) is 1. The van der Waals surface area contributed by atoms with E-state index in [4.69, 9.17) is 5.26 Å². The lowest BCUT2D eigenvalue weighted by molar-refractivity contribution is -0.131. The van der Waals surface area contributed by atoms with Crippen LogP contribution in [0.1, 0.15) is 17.8 Å². The molecule has 4 rings (SSSR count).